The number of para-hydroxylation sites is 12. The molecule has 107 heavy (non-hydrogen) atoms. The number of aromatic amines is 1. The Morgan fingerprint density at radius 3 is 0.907 bits per heavy atom. The van der Waals surface area contributed by atoms with Crippen LogP contribution >= 0.6 is 15.9 Å². The van der Waals surface area contributed by atoms with E-state index in [0.29, 0.717) is 23.6 Å². The van der Waals surface area contributed by atoms with E-state index in [9.17, 15) is 0 Å². The number of halogens is 1. The molecule has 0 bridgehead atoms. The summed E-state index contributed by atoms with van der Waals surface area (Å²) in [6.07, 6.45) is 0. The van der Waals surface area contributed by atoms with Crippen LogP contribution in [0.3, 0.4) is 0 Å². The predicted molar refractivity (Wildman–Crippen MR) is 436 cm³/mol. The van der Waals surface area contributed by atoms with Crippen LogP contribution in [0.25, 0.3) is 140 Å². The van der Waals surface area contributed by atoms with E-state index < -0.39 is 0 Å². The van der Waals surface area contributed by atoms with Gasteiger partial charge in [0.25, 0.3) is 0 Å². The topological polar surface area (TPSA) is 131 Å². The van der Waals surface area contributed by atoms with E-state index in [4.69, 9.17) is 27.6 Å². The molecule has 12 nitrogen and oxygen atoms in total. The number of aromatic nitrogens is 6. The Bertz CT molecular complexity index is 6400. The molecule has 8 heterocycles. The molecule has 0 saturated heterocycles. The zero-order chi connectivity index (χ0) is 71.7. The summed E-state index contributed by atoms with van der Waals surface area (Å²) in [6.45, 7) is 9.25. The molecule has 13 heteroatoms. The maximum Gasteiger partial charge on any atom is 0.227 e. The molecule has 0 saturated carbocycles. The van der Waals surface area contributed by atoms with Crippen LogP contribution in [0.1, 0.15) is 49.9 Å². The van der Waals surface area contributed by atoms with Gasteiger partial charge in [0.2, 0.25) is 23.6 Å². The second-order valence-electron chi connectivity index (χ2n) is 28.4. The number of hydrogen-bond acceptors (Lipinski definition) is 10. The molecule has 0 radical (unpaired) electrons. The lowest BCUT2D eigenvalue weighted by Crippen LogP contribution is -2.30. The highest BCUT2D eigenvalue weighted by molar-refractivity contribution is 9.10. The fraction of sp³-hybridized carbons (Fsp3) is 0.0638. The first-order valence-electron chi connectivity index (χ1n) is 35.8. The molecule has 0 fully saturated rings. The molecule has 14 aromatic carbocycles. The van der Waals surface area contributed by atoms with Crippen LogP contribution in [-0.4, -0.2) is 29.5 Å². The Balaban J connectivity index is 0.000000118. The number of nitrogens with zero attached hydrogens (tertiary/aromatic N) is 7. The van der Waals surface area contributed by atoms with Crippen LogP contribution in [0, 0.1) is 0 Å². The van der Waals surface area contributed by atoms with Gasteiger partial charge in [0.1, 0.15) is 22.1 Å². The third kappa shape index (κ3) is 10.7. The van der Waals surface area contributed by atoms with Crippen LogP contribution in [0.2, 0.25) is 0 Å². The molecule has 0 aliphatic carbocycles. The largest absolute Gasteiger partial charge is 0.436 e. The summed E-state index contributed by atoms with van der Waals surface area (Å²) in [7, 11) is 0. The third-order valence-electron chi connectivity index (χ3n) is 21.3. The highest BCUT2D eigenvalue weighted by Gasteiger charge is 2.38. The number of oxazole rings is 4. The third-order valence-corrected chi connectivity index (χ3v) is 21.8. The summed E-state index contributed by atoms with van der Waals surface area (Å²) in [4.78, 5) is 27.2. The van der Waals surface area contributed by atoms with Crippen molar-refractivity contribution in [3.05, 3.63) is 342 Å². The number of benzene rings is 14. The Morgan fingerprint density at radius 1 is 0.290 bits per heavy atom. The van der Waals surface area contributed by atoms with E-state index in [1.54, 1.807) is 0 Å². The second-order valence-corrected chi connectivity index (χ2v) is 29.3. The molecular weight excluding hydrogens is 1380 g/mol. The van der Waals surface area contributed by atoms with Crippen molar-refractivity contribution in [1.82, 2.24) is 29.5 Å². The van der Waals surface area contributed by atoms with Crippen molar-refractivity contribution < 1.29 is 17.7 Å². The minimum atomic E-state index is -0.111. The van der Waals surface area contributed by atoms with E-state index in [2.05, 4.69) is 279 Å². The van der Waals surface area contributed by atoms with Gasteiger partial charge in [-0.25, -0.2) is 19.9 Å². The van der Waals surface area contributed by atoms with Gasteiger partial charge < -0.3 is 37.0 Å². The highest BCUT2D eigenvalue weighted by atomic mass is 79.9. The molecule has 0 atom stereocenters. The van der Waals surface area contributed by atoms with Gasteiger partial charge >= 0.3 is 0 Å². The smallest absolute Gasteiger partial charge is 0.227 e. The monoisotopic (exact) mass is 1450 g/mol. The van der Waals surface area contributed by atoms with Gasteiger partial charge in [-0.15, -0.1) is 0 Å². The van der Waals surface area contributed by atoms with Crippen molar-refractivity contribution in [3.8, 4) is 51.5 Å². The predicted octanol–water partition coefficient (Wildman–Crippen LogP) is 26.0. The van der Waals surface area contributed by atoms with E-state index in [1.165, 1.54) is 50.7 Å². The Hall–Kier alpha value is -13.4. The van der Waals surface area contributed by atoms with E-state index in [0.717, 1.165) is 126 Å². The highest BCUT2D eigenvalue weighted by Crippen LogP contribution is 2.54. The maximum atomic E-state index is 6.22. The molecule has 0 unspecified atom stereocenters. The van der Waals surface area contributed by atoms with Gasteiger partial charge in [-0.2, -0.15) is 0 Å². The van der Waals surface area contributed by atoms with Crippen molar-refractivity contribution in [3.63, 3.8) is 0 Å². The lowest BCUT2D eigenvalue weighted by molar-refractivity contribution is 0.619. The molecular formula is C94H65BrN8O4. The molecule has 22 rings (SSSR count). The summed E-state index contributed by atoms with van der Waals surface area (Å²) < 4.78 is 27.8. The van der Waals surface area contributed by atoms with Crippen LogP contribution in [0.15, 0.2) is 338 Å². The van der Waals surface area contributed by atoms with Crippen LogP contribution in [0.4, 0.5) is 34.1 Å². The van der Waals surface area contributed by atoms with E-state index in [1.807, 2.05) is 109 Å². The number of anilines is 6. The SMILES string of the molecule is CC1(C)c2ccccc2N(c2ccc(-n3c4ccc(-c5nc6ccccc6o5)cc4c4cc(-c5nc6ccccc6o5)ccc43)cc2)c2ccccc21.CC1(C)c2ccccc2N(c2ccc(Br)cc2)c2ccccc21.c1ccc2oc(-c3ccc4[nH]c5ccc(-c6nc7ccccc7o6)cc5c4c3)nc2c1. The van der Waals surface area contributed by atoms with Crippen molar-refractivity contribution >= 4 is 138 Å². The molecule has 20 aromatic rings. The lowest BCUT2D eigenvalue weighted by Gasteiger charge is -2.42. The summed E-state index contributed by atoms with van der Waals surface area (Å²) >= 11 is 3.53. The van der Waals surface area contributed by atoms with E-state index in [-0.39, 0.29) is 10.8 Å². The fourth-order valence-electron chi connectivity index (χ4n) is 15.9. The zero-order valence-corrected chi connectivity index (χ0v) is 60.2. The number of rotatable bonds is 7. The molecule has 0 spiro atoms. The summed E-state index contributed by atoms with van der Waals surface area (Å²) in [5, 5.41) is 4.38. The van der Waals surface area contributed by atoms with Gasteiger partial charge in [0, 0.05) is 87.2 Å². The minimum absolute atomic E-state index is 0.000942. The first kappa shape index (κ1) is 63.3. The number of nitrogens with one attached hydrogen (secondary N) is 1. The first-order valence-corrected chi connectivity index (χ1v) is 36.6. The van der Waals surface area contributed by atoms with Gasteiger partial charge in [-0.3, -0.25) is 0 Å². The average Bonchev–Trinajstić information content (AvgIpc) is 1.03. The van der Waals surface area contributed by atoms with E-state index >= 15 is 0 Å². The fourth-order valence-corrected chi connectivity index (χ4v) is 16.2. The van der Waals surface area contributed by atoms with Gasteiger partial charge in [0.05, 0.1) is 33.8 Å². The Kier molecular flexibility index (Phi) is 14.8. The average molecular weight is 1450 g/mol. The van der Waals surface area contributed by atoms with Crippen molar-refractivity contribution in [2.45, 2.75) is 38.5 Å². The quantitative estimate of drug-likeness (QED) is 0.165. The zero-order valence-electron chi connectivity index (χ0n) is 58.7. The molecule has 6 aromatic heterocycles. The van der Waals surface area contributed by atoms with Crippen molar-refractivity contribution in [2.75, 3.05) is 9.80 Å². The summed E-state index contributed by atoms with van der Waals surface area (Å²) in [5.74, 6) is 2.43. The van der Waals surface area contributed by atoms with Gasteiger partial charge in [0.15, 0.2) is 22.3 Å². The number of H-pyrrole nitrogens is 1. The molecule has 512 valence electrons. The molecule has 2 aliphatic heterocycles. The van der Waals surface area contributed by atoms with Crippen molar-refractivity contribution in [1.29, 1.82) is 0 Å². The minimum Gasteiger partial charge on any atom is -0.436 e. The van der Waals surface area contributed by atoms with Gasteiger partial charge in [-0.1, -0.05) is 165 Å². The normalized spacial score (nSPS) is 13.4. The van der Waals surface area contributed by atoms with Crippen LogP contribution < -0.4 is 9.80 Å². The Morgan fingerprint density at radius 2 is 0.570 bits per heavy atom. The standard InChI is InChI=1S/C47H32N4O2.C26H15N3O2.C21H18BrN/c1-47(2)35-11-3-7-15-41(35)51(42-16-8-4-12-36(42)47)32-23-21-31(22-24-32)50-39-25-19-29(45-48-37-13-5-9-17-43(37)52-45)27-33(39)34-28-30(20-26-40(34)50)46-49-38-14-6-10-18-44(38)53-46;1-3-7-23-21(5-1)28-25(30-23)15-9-11-19-17(13-15)18-14-16(10-12-20(18)27-19)26-29-22-6-2-4-8-24(22)31-26;1-21(2)17-7-3-5-9-19(17)23(16-13-11-15(22)12-14-16)20-10-6-4-8-18(20)21/h3-28H,1-2H3;1-14,27H;3-14H,1-2H3. The maximum absolute atomic E-state index is 6.22. The molecule has 2 aliphatic rings. The lowest BCUT2D eigenvalue weighted by atomic mass is 9.73. The molecule has 0 amide bonds. The van der Waals surface area contributed by atoms with Gasteiger partial charge in [-0.05, 0) is 216 Å². The summed E-state index contributed by atoms with van der Waals surface area (Å²) in [6, 6.07) is 109. The second kappa shape index (κ2) is 24.9. The Labute approximate surface area is 623 Å². The van der Waals surface area contributed by atoms with Crippen LogP contribution in [0.5, 0.6) is 0 Å². The van der Waals surface area contributed by atoms with Crippen molar-refractivity contribution in [2.24, 2.45) is 0 Å². The number of hydrogen-bond donors (Lipinski definition) is 1. The number of fused-ring (bicyclic) bond motifs is 14. The van der Waals surface area contributed by atoms with Crippen LogP contribution in [-0.2, 0) is 10.8 Å². The summed E-state index contributed by atoms with van der Waals surface area (Å²) in [5.41, 5.74) is 28.0. The molecule has 1 N–H and O–H groups in total. The first-order chi connectivity index (χ1) is 52.4.